The summed E-state index contributed by atoms with van der Waals surface area (Å²) in [5.41, 5.74) is 7.50. The minimum atomic E-state index is -0.793. The van der Waals surface area contributed by atoms with E-state index in [9.17, 15) is 5.02 Å². The van der Waals surface area contributed by atoms with Crippen molar-refractivity contribution in [1.29, 1.82) is 0 Å². The summed E-state index contributed by atoms with van der Waals surface area (Å²) in [5, 5.41) is 13.7. The molecule has 0 fully saturated rings. The first-order valence-corrected chi connectivity index (χ1v) is 15.2. The van der Waals surface area contributed by atoms with Crippen LogP contribution in [0.25, 0.3) is 27.8 Å². The molecule has 4 heterocycles. The van der Waals surface area contributed by atoms with Crippen molar-refractivity contribution in [2.45, 2.75) is 26.2 Å². The van der Waals surface area contributed by atoms with Crippen LogP contribution in [-0.4, -0.2) is 26.5 Å². The molecule has 0 saturated carbocycles. The van der Waals surface area contributed by atoms with Gasteiger partial charge >= 0.3 is 6.92 Å². The fourth-order valence-electron chi connectivity index (χ4n) is 6.33. The zero-order valence-electron chi connectivity index (χ0n) is 25.3. The first-order chi connectivity index (χ1) is 21.9. The van der Waals surface area contributed by atoms with Gasteiger partial charge in [0.1, 0.15) is 11.6 Å². The number of benzene rings is 4. The molecular formula is C38H31BN4O2. The van der Waals surface area contributed by atoms with Crippen LogP contribution in [0, 0.1) is 0 Å². The smallest absolute Gasteiger partial charge is 0.363 e. The highest BCUT2D eigenvalue weighted by Crippen LogP contribution is 2.38. The van der Waals surface area contributed by atoms with E-state index in [0.717, 1.165) is 55.7 Å². The molecule has 0 bridgehead atoms. The molecule has 0 spiro atoms. The molecule has 7 aromatic rings. The van der Waals surface area contributed by atoms with Crippen LogP contribution in [0.2, 0.25) is 0 Å². The van der Waals surface area contributed by atoms with Crippen molar-refractivity contribution in [2.24, 2.45) is 0 Å². The minimum Gasteiger partial charge on any atom is -0.443 e. The van der Waals surface area contributed by atoms with Gasteiger partial charge in [-0.15, -0.1) is 0 Å². The number of pyridine rings is 2. The summed E-state index contributed by atoms with van der Waals surface area (Å²) >= 11 is 0. The lowest BCUT2D eigenvalue weighted by atomic mass is 9.53. The first kappa shape index (κ1) is 27.2. The highest BCUT2D eigenvalue weighted by Gasteiger charge is 2.33. The molecule has 7 heteroatoms. The monoisotopic (exact) mass is 586 g/mol. The number of rotatable bonds is 4. The molecule has 8 rings (SSSR count). The lowest BCUT2D eigenvalue weighted by molar-refractivity contribution is 0.465. The van der Waals surface area contributed by atoms with Gasteiger partial charge in [-0.05, 0) is 82.6 Å². The molecule has 1 aliphatic rings. The van der Waals surface area contributed by atoms with E-state index in [2.05, 4.69) is 72.7 Å². The number of hydrogen-bond donors (Lipinski definition) is 1. The van der Waals surface area contributed by atoms with Gasteiger partial charge in [-0.2, -0.15) is 4.98 Å². The molecule has 4 aromatic carbocycles. The Morgan fingerprint density at radius 2 is 1.47 bits per heavy atom. The van der Waals surface area contributed by atoms with Crippen molar-refractivity contribution in [3.63, 3.8) is 0 Å². The topological polar surface area (TPSA) is 63.4 Å². The van der Waals surface area contributed by atoms with E-state index in [0.29, 0.717) is 11.6 Å². The summed E-state index contributed by atoms with van der Waals surface area (Å²) in [6.07, 6.45) is 1.87. The van der Waals surface area contributed by atoms with E-state index in [1.54, 1.807) is 0 Å². The maximum Gasteiger partial charge on any atom is 0.363 e. The molecule has 3 aromatic heterocycles. The minimum absolute atomic E-state index is 0.0221. The quantitative estimate of drug-likeness (QED) is 0.216. The Balaban J connectivity index is 1.23. The number of para-hydroxylation sites is 3. The second-order valence-corrected chi connectivity index (χ2v) is 12.5. The van der Waals surface area contributed by atoms with Gasteiger partial charge in [-0.25, -0.2) is 4.98 Å². The molecule has 0 atom stereocenters. The molecule has 0 saturated heterocycles. The molecule has 0 unspecified atom stereocenters. The normalized spacial score (nSPS) is 12.8. The predicted octanol–water partition coefficient (Wildman–Crippen LogP) is 7.54. The third kappa shape index (κ3) is 4.55. The number of hydrogen-bond acceptors (Lipinski definition) is 5. The lowest BCUT2D eigenvalue weighted by Gasteiger charge is -2.35. The third-order valence-electron chi connectivity index (χ3n) is 8.58. The van der Waals surface area contributed by atoms with Crippen LogP contribution in [0.4, 0.5) is 17.1 Å². The first-order valence-electron chi connectivity index (χ1n) is 15.2. The maximum absolute atomic E-state index is 11.5. The molecule has 218 valence electrons. The van der Waals surface area contributed by atoms with Gasteiger partial charge in [-0.3, -0.25) is 4.57 Å². The number of nitrogens with zero attached hydrogens (tertiary/aromatic N) is 4. The summed E-state index contributed by atoms with van der Waals surface area (Å²) in [4.78, 5) is 12.0. The largest absolute Gasteiger partial charge is 0.443 e. The van der Waals surface area contributed by atoms with Crippen LogP contribution in [-0.2, 0) is 5.41 Å². The Morgan fingerprint density at radius 3 is 2.31 bits per heavy atom. The number of ether oxygens (including phenoxy) is 1. The maximum atomic E-state index is 11.5. The van der Waals surface area contributed by atoms with Crippen LogP contribution >= 0.6 is 0 Å². The fourth-order valence-corrected chi connectivity index (χ4v) is 6.33. The SMILES string of the molecule is CC(C)(C)c1ccnc(-n2c3ccccc3c3ccc(Oc4ccc5c(c4)B(O)c4ccccc4N5c4ccccc4)nc32)c1. The Morgan fingerprint density at radius 1 is 0.711 bits per heavy atom. The Bertz CT molecular complexity index is 2220. The molecule has 0 amide bonds. The van der Waals surface area contributed by atoms with E-state index in [1.807, 2.05) is 85.1 Å². The van der Waals surface area contributed by atoms with Crippen molar-refractivity contribution in [3.05, 3.63) is 133 Å². The predicted molar refractivity (Wildman–Crippen MR) is 184 cm³/mol. The molecular weight excluding hydrogens is 555 g/mol. The number of fused-ring (bicyclic) bond motifs is 5. The van der Waals surface area contributed by atoms with Crippen molar-refractivity contribution < 1.29 is 9.76 Å². The number of anilines is 3. The average molecular weight is 587 g/mol. The second-order valence-electron chi connectivity index (χ2n) is 12.5. The zero-order valence-corrected chi connectivity index (χ0v) is 25.3. The molecule has 1 aliphatic heterocycles. The van der Waals surface area contributed by atoms with Crippen LogP contribution in [0.3, 0.4) is 0 Å². The van der Waals surface area contributed by atoms with E-state index in [4.69, 9.17) is 14.7 Å². The van der Waals surface area contributed by atoms with Crippen molar-refractivity contribution >= 4 is 56.8 Å². The molecule has 0 radical (unpaired) electrons. The Hall–Kier alpha value is -5.40. The molecule has 0 aliphatic carbocycles. The van der Waals surface area contributed by atoms with Gasteiger partial charge in [-0.1, -0.05) is 75.4 Å². The standard InChI is InChI=1S/C38H31BN4O2/c1-38(2,3)25-21-22-40-35(23-25)43-32-15-9-7-13-28(32)29-18-20-36(41-37(29)43)45-27-17-19-34-31(24-27)39(44)30-14-8-10-16-33(30)42(34)26-11-5-4-6-12-26/h4-24,44H,1-3H3. The Labute approximate surface area is 262 Å². The van der Waals surface area contributed by atoms with E-state index < -0.39 is 6.92 Å². The third-order valence-corrected chi connectivity index (χ3v) is 8.58. The summed E-state index contributed by atoms with van der Waals surface area (Å²) in [5.74, 6) is 1.88. The van der Waals surface area contributed by atoms with Crippen molar-refractivity contribution in [1.82, 2.24) is 14.5 Å². The van der Waals surface area contributed by atoms with Gasteiger partial charge in [0.25, 0.3) is 0 Å². The van der Waals surface area contributed by atoms with Gasteiger partial charge in [0.05, 0.1) is 5.52 Å². The van der Waals surface area contributed by atoms with Crippen LogP contribution < -0.4 is 20.6 Å². The molecule has 45 heavy (non-hydrogen) atoms. The summed E-state index contributed by atoms with van der Waals surface area (Å²) in [6.45, 7) is 5.82. The summed E-state index contributed by atoms with van der Waals surface area (Å²) in [6, 6.07) is 40.5. The average Bonchev–Trinajstić information content (AvgIpc) is 3.39. The summed E-state index contributed by atoms with van der Waals surface area (Å²) in [7, 11) is 0. The van der Waals surface area contributed by atoms with Crippen molar-refractivity contribution in [3.8, 4) is 17.4 Å². The van der Waals surface area contributed by atoms with E-state index in [-0.39, 0.29) is 5.41 Å². The zero-order chi connectivity index (χ0) is 30.7. The lowest BCUT2D eigenvalue weighted by Crippen LogP contribution is -2.50. The fraction of sp³-hybridized carbons (Fsp3) is 0.105. The highest BCUT2D eigenvalue weighted by atomic mass is 16.5. The number of aromatic nitrogens is 3. The second kappa shape index (κ2) is 10.4. The van der Waals surface area contributed by atoms with Crippen molar-refractivity contribution in [2.75, 3.05) is 4.90 Å². The van der Waals surface area contributed by atoms with Crippen LogP contribution in [0.1, 0.15) is 26.3 Å². The van der Waals surface area contributed by atoms with E-state index in [1.165, 1.54) is 5.56 Å². The van der Waals surface area contributed by atoms with E-state index >= 15 is 0 Å². The van der Waals surface area contributed by atoms with Gasteiger partial charge in [0, 0.05) is 40.1 Å². The van der Waals surface area contributed by atoms with Crippen LogP contribution in [0.15, 0.2) is 128 Å². The van der Waals surface area contributed by atoms with Gasteiger partial charge in [0.2, 0.25) is 5.88 Å². The van der Waals surface area contributed by atoms with Gasteiger partial charge in [0.15, 0.2) is 5.65 Å². The molecule has 6 nitrogen and oxygen atoms in total. The van der Waals surface area contributed by atoms with Crippen LogP contribution in [0.5, 0.6) is 11.6 Å². The highest BCUT2D eigenvalue weighted by molar-refractivity contribution is 6.82. The Kier molecular flexibility index (Phi) is 6.25. The molecule has 1 N–H and O–H groups in total. The van der Waals surface area contributed by atoms with Gasteiger partial charge < -0.3 is 14.7 Å². The summed E-state index contributed by atoms with van der Waals surface area (Å²) < 4.78 is 8.53.